The van der Waals surface area contributed by atoms with Gasteiger partial charge in [-0.25, -0.2) is 15.0 Å². The van der Waals surface area contributed by atoms with Gasteiger partial charge in [-0.2, -0.15) is 0 Å². The maximum atomic E-state index is 13.1. The molecule has 6 nitrogen and oxygen atoms in total. The van der Waals surface area contributed by atoms with Crippen LogP contribution in [-0.2, 0) is 0 Å². The van der Waals surface area contributed by atoms with E-state index >= 15 is 0 Å². The summed E-state index contributed by atoms with van der Waals surface area (Å²) in [5, 5.41) is 4.16. The van der Waals surface area contributed by atoms with Gasteiger partial charge in [0.2, 0.25) is 0 Å². The number of carbonyl (C=O) groups is 1. The van der Waals surface area contributed by atoms with Gasteiger partial charge in [0, 0.05) is 29.4 Å². The van der Waals surface area contributed by atoms with E-state index in [2.05, 4.69) is 10.3 Å². The average molecular weight is 418 g/mol. The second kappa shape index (κ2) is 7.32. The molecule has 1 atom stereocenters. The van der Waals surface area contributed by atoms with Crippen LogP contribution in [0.1, 0.15) is 64.0 Å². The summed E-state index contributed by atoms with van der Waals surface area (Å²) in [6.07, 6.45) is 7.76. The molecule has 0 saturated heterocycles. The van der Waals surface area contributed by atoms with Crippen LogP contribution >= 0.6 is 11.3 Å². The Hall–Kier alpha value is -3.06. The number of amides is 1. The summed E-state index contributed by atoms with van der Waals surface area (Å²) < 4.78 is 1.95. The molecule has 4 aromatic rings. The van der Waals surface area contributed by atoms with Gasteiger partial charge < -0.3 is 9.88 Å². The second-order valence-corrected chi connectivity index (χ2v) is 8.93. The highest BCUT2D eigenvalue weighted by Crippen LogP contribution is 2.40. The first kappa shape index (κ1) is 18.9. The zero-order chi connectivity index (χ0) is 20.8. The highest BCUT2D eigenvalue weighted by molar-refractivity contribution is 7.20. The predicted molar refractivity (Wildman–Crippen MR) is 118 cm³/mol. The Bertz CT molecular complexity index is 1220. The first-order chi connectivity index (χ1) is 14.5. The fourth-order valence-corrected chi connectivity index (χ4v) is 4.94. The van der Waals surface area contributed by atoms with Crippen LogP contribution in [0.15, 0.2) is 43.0 Å². The molecular weight excluding hydrogens is 394 g/mol. The summed E-state index contributed by atoms with van der Waals surface area (Å²) >= 11 is 1.47. The Morgan fingerprint density at radius 2 is 1.97 bits per heavy atom. The van der Waals surface area contributed by atoms with Crippen molar-refractivity contribution in [3.63, 3.8) is 0 Å². The number of benzene rings is 1. The molecule has 1 aliphatic rings. The van der Waals surface area contributed by atoms with Crippen LogP contribution in [-0.4, -0.2) is 25.4 Å². The molecule has 1 amide bonds. The first-order valence-corrected chi connectivity index (χ1v) is 11.0. The lowest BCUT2D eigenvalue weighted by atomic mass is 10.1. The number of nitrogens with one attached hydrogen (secondary N) is 1. The van der Waals surface area contributed by atoms with Gasteiger partial charge in [-0.3, -0.25) is 4.79 Å². The lowest BCUT2D eigenvalue weighted by Crippen LogP contribution is -2.26. The summed E-state index contributed by atoms with van der Waals surface area (Å²) in [6, 6.07) is 8.03. The van der Waals surface area contributed by atoms with Gasteiger partial charge in [0.15, 0.2) is 0 Å². The van der Waals surface area contributed by atoms with E-state index in [1.54, 1.807) is 12.5 Å². The van der Waals surface area contributed by atoms with Crippen LogP contribution < -0.4 is 5.32 Å². The van der Waals surface area contributed by atoms with Gasteiger partial charge in [-0.1, -0.05) is 12.1 Å². The molecule has 5 rings (SSSR count). The summed E-state index contributed by atoms with van der Waals surface area (Å²) in [5.41, 5.74) is 4.03. The third kappa shape index (κ3) is 3.39. The van der Waals surface area contributed by atoms with E-state index in [0.717, 1.165) is 43.4 Å². The molecule has 1 aliphatic carbocycles. The first-order valence-electron chi connectivity index (χ1n) is 10.2. The Kier molecular flexibility index (Phi) is 4.62. The average Bonchev–Trinajstić information content (AvgIpc) is 3.33. The number of fused-ring (bicyclic) bond motifs is 1. The molecule has 1 saturated carbocycles. The fraction of sp³-hybridized carbons (Fsp3) is 0.304. The van der Waals surface area contributed by atoms with Crippen LogP contribution in [0.2, 0.25) is 0 Å². The molecule has 30 heavy (non-hydrogen) atoms. The Morgan fingerprint density at radius 3 is 2.63 bits per heavy atom. The molecule has 1 unspecified atom stereocenters. The van der Waals surface area contributed by atoms with Crippen LogP contribution in [0, 0.1) is 13.8 Å². The van der Waals surface area contributed by atoms with Gasteiger partial charge in [0.1, 0.15) is 10.7 Å². The molecule has 0 radical (unpaired) electrons. The number of rotatable bonds is 5. The topological polar surface area (TPSA) is 72.7 Å². The van der Waals surface area contributed by atoms with Crippen molar-refractivity contribution in [3.8, 4) is 5.69 Å². The Morgan fingerprint density at radius 1 is 1.20 bits per heavy atom. The van der Waals surface area contributed by atoms with E-state index in [1.165, 1.54) is 24.2 Å². The van der Waals surface area contributed by atoms with E-state index in [1.807, 2.05) is 55.8 Å². The van der Waals surface area contributed by atoms with E-state index < -0.39 is 0 Å². The Labute approximate surface area is 179 Å². The minimum atomic E-state index is -0.104. The highest BCUT2D eigenvalue weighted by Gasteiger charge is 2.28. The fourth-order valence-electron chi connectivity index (χ4n) is 3.79. The lowest BCUT2D eigenvalue weighted by molar-refractivity contribution is 0.0943. The predicted octanol–water partition coefficient (Wildman–Crippen LogP) is 4.86. The third-order valence-electron chi connectivity index (χ3n) is 5.68. The van der Waals surface area contributed by atoms with Crippen molar-refractivity contribution in [1.29, 1.82) is 0 Å². The minimum Gasteiger partial charge on any atom is -0.345 e. The molecule has 3 heterocycles. The number of aryl methyl sites for hydroxylation is 2. The van der Waals surface area contributed by atoms with Gasteiger partial charge in [0.05, 0.1) is 22.9 Å². The van der Waals surface area contributed by atoms with Gasteiger partial charge in [0.25, 0.3) is 5.91 Å². The van der Waals surface area contributed by atoms with Crippen molar-refractivity contribution in [2.24, 2.45) is 0 Å². The molecule has 0 bridgehead atoms. The van der Waals surface area contributed by atoms with Crippen molar-refractivity contribution in [1.82, 2.24) is 24.8 Å². The number of carbonyl (C=O) groups excluding carboxylic acids is 1. The number of aromatic nitrogens is 4. The largest absolute Gasteiger partial charge is 0.345 e. The van der Waals surface area contributed by atoms with Crippen LogP contribution in [0.25, 0.3) is 15.9 Å². The van der Waals surface area contributed by atoms with Crippen molar-refractivity contribution in [3.05, 3.63) is 70.5 Å². The summed E-state index contributed by atoms with van der Waals surface area (Å²) in [5.74, 6) is 1.37. The highest BCUT2D eigenvalue weighted by atomic mass is 32.1. The molecule has 7 heteroatoms. The molecule has 1 aromatic carbocycles. The zero-order valence-electron chi connectivity index (χ0n) is 17.2. The molecule has 1 fully saturated rings. The van der Waals surface area contributed by atoms with Crippen molar-refractivity contribution >= 4 is 27.5 Å². The van der Waals surface area contributed by atoms with Crippen molar-refractivity contribution in [2.75, 3.05) is 0 Å². The normalized spacial score (nSPS) is 14.8. The summed E-state index contributed by atoms with van der Waals surface area (Å²) in [4.78, 5) is 28.2. The SMILES string of the molecule is Cc1nc(C2CC2)nc2sc(C(=O)NC(C)c3ccc(-n4ccnc4)cc3)c(C)c12. The van der Waals surface area contributed by atoms with Crippen LogP contribution in [0.5, 0.6) is 0 Å². The molecule has 3 aromatic heterocycles. The van der Waals surface area contributed by atoms with Crippen molar-refractivity contribution < 1.29 is 4.79 Å². The van der Waals surface area contributed by atoms with Crippen LogP contribution in [0.3, 0.4) is 0 Å². The van der Waals surface area contributed by atoms with Crippen LogP contribution in [0.4, 0.5) is 0 Å². The van der Waals surface area contributed by atoms with E-state index in [-0.39, 0.29) is 11.9 Å². The minimum absolute atomic E-state index is 0.0611. The molecular formula is C23H23N5OS. The van der Waals surface area contributed by atoms with Gasteiger partial charge >= 0.3 is 0 Å². The number of thiophene rings is 1. The second-order valence-electron chi connectivity index (χ2n) is 7.93. The number of nitrogens with zero attached hydrogens (tertiary/aromatic N) is 4. The van der Waals surface area contributed by atoms with Gasteiger partial charge in [-0.15, -0.1) is 11.3 Å². The standard InChI is InChI=1S/C23H23N5OS/c1-13-19-15(3)25-21(17-4-5-17)27-23(19)30-20(13)22(29)26-14(2)16-6-8-18(9-7-16)28-11-10-24-12-28/h6-12,14,17H,4-5H2,1-3H3,(H,26,29). The van der Waals surface area contributed by atoms with E-state index in [9.17, 15) is 4.79 Å². The van der Waals surface area contributed by atoms with Gasteiger partial charge in [-0.05, 0) is 56.9 Å². The molecule has 1 N–H and O–H groups in total. The monoisotopic (exact) mass is 417 g/mol. The van der Waals surface area contributed by atoms with E-state index in [4.69, 9.17) is 9.97 Å². The third-order valence-corrected chi connectivity index (χ3v) is 6.86. The lowest BCUT2D eigenvalue weighted by Gasteiger charge is -2.15. The molecule has 152 valence electrons. The number of hydrogen-bond acceptors (Lipinski definition) is 5. The summed E-state index contributed by atoms with van der Waals surface area (Å²) in [6.45, 7) is 6.01. The van der Waals surface area contributed by atoms with Crippen molar-refractivity contribution in [2.45, 2.75) is 45.6 Å². The molecule has 0 spiro atoms. The summed E-state index contributed by atoms with van der Waals surface area (Å²) in [7, 11) is 0. The number of hydrogen-bond donors (Lipinski definition) is 1. The van der Waals surface area contributed by atoms with E-state index in [0.29, 0.717) is 5.92 Å². The molecule has 0 aliphatic heterocycles. The Balaban J connectivity index is 1.37. The smallest absolute Gasteiger partial charge is 0.262 e. The maximum Gasteiger partial charge on any atom is 0.262 e. The number of imidazole rings is 1. The maximum absolute atomic E-state index is 13.1. The zero-order valence-corrected chi connectivity index (χ0v) is 18.0. The quantitative estimate of drug-likeness (QED) is 0.503.